The highest BCUT2D eigenvalue weighted by Crippen LogP contribution is 2.37. The molecule has 0 aliphatic carbocycles. The van der Waals surface area contributed by atoms with E-state index in [1.54, 1.807) is 42.9 Å². The largest absolute Gasteiger partial charge is 0.464 e. The van der Waals surface area contributed by atoms with Crippen molar-refractivity contribution in [1.82, 2.24) is 19.9 Å². The summed E-state index contributed by atoms with van der Waals surface area (Å²) in [6.07, 6.45) is 1.98. The summed E-state index contributed by atoms with van der Waals surface area (Å²) >= 11 is 5.64. The fraction of sp³-hybridized carbons (Fsp3) is 0.231. The average Bonchev–Trinajstić information content (AvgIpc) is 2.87. The van der Waals surface area contributed by atoms with Gasteiger partial charge in [-0.1, -0.05) is 30.7 Å². The maximum absolute atomic E-state index is 13.0. The molecule has 0 fully saturated rings. The summed E-state index contributed by atoms with van der Waals surface area (Å²) in [5.74, 6) is 1.14. The van der Waals surface area contributed by atoms with E-state index in [4.69, 9.17) is 21.1 Å². The molecule has 37 heavy (non-hydrogen) atoms. The average molecular weight is 531 g/mol. The van der Waals surface area contributed by atoms with Crippen molar-refractivity contribution >= 4 is 11.6 Å². The molecule has 0 aliphatic heterocycles. The molecule has 0 saturated heterocycles. The Bertz CT molecular complexity index is 1410. The summed E-state index contributed by atoms with van der Waals surface area (Å²) in [4.78, 5) is 27.6. The molecule has 0 atom stereocenters. The first kappa shape index (κ1) is 26.2. The van der Waals surface area contributed by atoms with Crippen LogP contribution in [0.4, 0.5) is 13.2 Å². The molecule has 7 nitrogen and oxygen atoms in total. The van der Waals surface area contributed by atoms with E-state index in [-0.39, 0.29) is 18.4 Å². The maximum Gasteiger partial charge on any atom is 0.417 e. The molecule has 0 spiro atoms. The van der Waals surface area contributed by atoms with E-state index in [9.17, 15) is 18.0 Å². The van der Waals surface area contributed by atoms with Crippen LogP contribution in [0.15, 0.2) is 65.8 Å². The number of rotatable bonds is 9. The zero-order valence-corrected chi connectivity index (χ0v) is 20.4. The number of H-pyrrole nitrogens is 1. The van der Waals surface area contributed by atoms with Gasteiger partial charge in [-0.3, -0.25) is 4.79 Å². The zero-order chi connectivity index (χ0) is 26.4. The summed E-state index contributed by atoms with van der Waals surface area (Å²) in [5.41, 5.74) is 0.820. The number of alkyl halides is 3. The molecule has 1 N–H and O–H groups in total. The predicted molar refractivity (Wildman–Crippen MR) is 131 cm³/mol. The van der Waals surface area contributed by atoms with E-state index in [0.29, 0.717) is 24.2 Å². The Morgan fingerprint density at radius 3 is 2.35 bits per heavy atom. The van der Waals surface area contributed by atoms with Gasteiger partial charge in [-0.2, -0.15) is 18.2 Å². The van der Waals surface area contributed by atoms with E-state index >= 15 is 0 Å². The van der Waals surface area contributed by atoms with Crippen LogP contribution in [0.25, 0.3) is 0 Å². The summed E-state index contributed by atoms with van der Waals surface area (Å²) in [7, 11) is 0. The molecular weight excluding hydrogens is 509 g/mol. The van der Waals surface area contributed by atoms with Gasteiger partial charge in [0.1, 0.15) is 17.3 Å². The van der Waals surface area contributed by atoms with Crippen molar-refractivity contribution < 1.29 is 22.6 Å². The number of nitrogens with zero attached hydrogens (tertiary/aromatic N) is 3. The van der Waals surface area contributed by atoms with Crippen LogP contribution in [0, 0.1) is 0 Å². The van der Waals surface area contributed by atoms with Gasteiger partial charge in [-0.15, -0.1) is 0 Å². The van der Waals surface area contributed by atoms with E-state index in [2.05, 4.69) is 19.9 Å². The van der Waals surface area contributed by atoms with Crippen LogP contribution < -0.4 is 15.0 Å². The molecule has 0 bridgehead atoms. The molecular formula is C26H22ClF3N4O3. The van der Waals surface area contributed by atoms with Crippen LogP contribution >= 0.6 is 11.6 Å². The summed E-state index contributed by atoms with van der Waals surface area (Å²) in [6, 6.07) is 10.3. The summed E-state index contributed by atoms with van der Waals surface area (Å²) < 4.78 is 50.2. The lowest BCUT2D eigenvalue weighted by atomic mass is 10.1. The SMILES string of the molecule is CCc1ncc(Cc2c[nH]c(OCCc3ccc(Oc4ccc(Cl)c(C(F)(F)F)c4)cc3)nc2=O)cn1. The lowest BCUT2D eigenvalue weighted by Gasteiger charge is -2.12. The first-order chi connectivity index (χ1) is 17.7. The smallest absolute Gasteiger partial charge is 0.417 e. The third kappa shape index (κ3) is 7.07. The highest BCUT2D eigenvalue weighted by Gasteiger charge is 2.33. The Morgan fingerprint density at radius 1 is 1.00 bits per heavy atom. The van der Waals surface area contributed by atoms with Crippen molar-refractivity contribution in [3.05, 3.63) is 105 Å². The number of benzene rings is 2. The fourth-order valence-electron chi connectivity index (χ4n) is 3.39. The van der Waals surface area contributed by atoms with Crippen LogP contribution in [0.5, 0.6) is 17.5 Å². The van der Waals surface area contributed by atoms with Crippen molar-refractivity contribution in [2.24, 2.45) is 0 Å². The minimum atomic E-state index is -4.57. The first-order valence-electron chi connectivity index (χ1n) is 11.4. The van der Waals surface area contributed by atoms with E-state index in [1.165, 1.54) is 6.07 Å². The van der Waals surface area contributed by atoms with Crippen molar-refractivity contribution in [3.63, 3.8) is 0 Å². The molecule has 4 rings (SSSR count). The van der Waals surface area contributed by atoms with Crippen molar-refractivity contribution in [2.75, 3.05) is 6.61 Å². The van der Waals surface area contributed by atoms with Gasteiger partial charge in [0.25, 0.3) is 11.6 Å². The van der Waals surface area contributed by atoms with Gasteiger partial charge in [-0.25, -0.2) is 9.97 Å². The number of nitrogens with one attached hydrogen (secondary N) is 1. The van der Waals surface area contributed by atoms with Gasteiger partial charge in [0.15, 0.2) is 0 Å². The number of ether oxygens (including phenoxy) is 2. The highest BCUT2D eigenvalue weighted by molar-refractivity contribution is 6.31. The third-order valence-corrected chi connectivity index (χ3v) is 5.68. The Kier molecular flexibility index (Phi) is 8.08. The fourth-order valence-corrected chi connectivity index (χ4v) is 3.62. The molecule has 2 aromatic heterocycles. The lowest BCUT2D eigenvalue weighted by molar-refractivity contribution is -0.137. The molecule has 192 valence electrons. The quantitative estimate of drug-likeness (QED) is 0.294. The predicted octanol–water partition coefficient (Wildman–Crippen LogP) is 5.80. The number of aromatic amines is 1. The highest BCUT2D eigenvalue weighted by atomic mass is 35.5. The molecule has 0 aliphatic rings. The van der Waals surface area contributed by atoms with Gasteiger partial charge in [0.2, 0.25) is 0 Å². The second-order valence-corrected chi connectivity index (χ2v) is 8.46. The second kappa shape index (κ2) is 11.4. The maximum atomic E-state index is 13.0. The Morgan fingerprint density at radius 2 is 1.70 bits per heavy atom. The molecule has 2 aromatic carbocycles. The summed E-state index contributed by atoms with van der Waals surface area (Å²) in [5, 5.41) is -0.392. The molecule has 4 aromatic rings. The molecule has 0 saturated carbocycles. The van der Waals surface area contributed by atoms with E-state index in [1.807, 2.05) is 6.92 Å². The second-order valence-electron chi connectivity index (χ2n) is 8.06. The minimum Gasteiger partial charge on any atom is -0.464 e. The number of halogens is 4. The topological polar surface area (TPSA) is 90.0 Å². The molecule has 11 heteroatoms. The third-order valence-electron chi connectivity index (χ3n) is 5.35. The summed E-state index contributed by atoms with van der Waals surface area (Å²) in [6.45, 7) is 2.22. The minimum absolute atomic E-state index is 0.0248. The van der Waals surface area contributed by atoms with Crippen LogP contribution in [0.1, 0.15) is 35.0 Å². The molecule has 2 heterocycles. The standard InChI is InChI=1S/C26H22ClF3N4O3/c1-2-23-31-13-17(14-32-23)11-18-15-33-25(34-24(18)35)36-10-9-16-3-5-19(6-4-16)37-20-7-8-22(27)21(12-20)26(28,29)30/h3-8,12-15H,2,9-11H2,1H3,(H,33,34,35). The monoisotopic (exact) mass is 530 g/mol. The van der Waals surface area contributed by atoms with Crippen LogP contribution in [-0.4, -0.2) is 26.5 Å². The molecule has 0 unspecified atom stereocenters. The lowest BCUT2D eigenvalue weighted by Crippen LogP contribution is -2.16. The van der Waals surface area contributed by atoms with Crippen molar-refractivity contribution in [3.8, 4) is 17.5 Å². The van der Waals surface area contributed by atoms with E-state index < -0.39 is 22.3 Å². The van der Waals surface area contributed by atoms with Crippen LogP contribution in [0.2, 0.25) is 5.02 Å². The van der Waals surface area contributed by atoms with Gasteiger partial charge in [-0.05, 0) is 41.5 Å². The number of hydrogen-bond acceptors (Lipinski definition) is 6. The van der Waals surface area contributed by atoms with Crippen molar-refractivity contribution in [1.29, 1.82) is 0 Å². The van der Waals surface area contributed by atoms with Crippen molar-refractivity contribution in [2.45, 2.75) is 32.4 Å². The normalized spacial score (nSPS) is 11.4. The first-order valence-corrected chi connectivity index (χ1v) is 11.7. The van der Waals surface area contributed by atoms with Gasteiger partial charge < -0.3 is 14.5 Å². The van der Waals surface area contributed by atoms with Crippen LogP contribution in [0.3, 0.4) is 0 Å². The number of aromatic nitrogens is 4. The van der Waals surface area contributed by atoms with Crippen LogP contribution in [-0.2, 0) is 25.4 Å². The Hall–Kier alpha value is -3.92. The number of aryl methyl sites for hydroxylation is 1. The van der Waals surface area contributed by atoms with Gasteiger partial charge in [0, 0.05) is 43.4 Å². The zero-order valence-electron chi connectivity index (χ0n) is 19.7. The Balaban J connectivity index is 1.30. The number of hydrogen-bond donors (Lipinski definition) is 1. The van der Waals surface area contributed by atoms with E-state index in [0.717, 1.165) is 35.5 Å². The molecule has 0 radical (unpaired) electrons. The van der Waals surface area contributed by atoms with Gasteiger partial charge >= 0.3 is 6.18 Å². The molecule has 0 amide bonds. The van der Waals surface area contributed by atoms with Gasteiger partial charge in [0.05, 0.1) is 17.2 Å². The Labute approximate surface area is 215 Å².